The first-order valence-corrected chi connectivity index (χ1v) is 5.71. The molecular weight excluding hydrogens is 231 g/mol. The summed E-state index contributed by atoms with van der Waals surface area (Å²) in [6.07, 6.45) is 4.42. The van der Waals surface area contributed by atoms with E-state index < -0.39 is 0 Å². The summed E-state index contributed by atoms with van der Waals surface area (Å²) in [6.45, 7) is 2.53. The average Bonchev–Trinajstić information content (AvgIpc) is 2.86. The molecule has 1 aromatic carbocycles. The van der Waals surface area contributed by atoms with Crippen LogP contribution in [0.2, 0.25) is 0 Å². The van der Waals surface area contributed by atoms with Gasteiger partial charge in [-0.1, -0.05) is 18.2 Å². The number of halogens is 1. The van der Waals surface area contributed by atoms with E-state index in [4.69, 9.17) is 0 Å². The quantitative estimate of drug-likeness (QED) is 0.612. The number of allylic oxidation sites excluding steroid dienone is 1. The Morgan fingerprint density at radius 1 is 1.39 bits per heavy atom. The number of benzene rings is 1. The Labute approximate surface area is 105 Å². The third-order valence-corrected chi connectivity index (χ3v) is 2.59. The zero-order chi connectivity index (χ0) is 13.0. The molecule has 0 atom stereocenters. The van der Waals surface area contributed by atoms with Crippen molar-refractivity contribution in [2.75, 3.05) is 0 Å². The highest BCUT2D eigenvalue weighted by Gasteiger charge is 2.07. The predicted octanol–water partition coefficient (Wildman–Crippen LogP) is 2.94. The molecule has 3 nitrogen and oxygen atoms in total. The van der Waals surface area contributed by atoms with Crippen molar-refractivity contribution in [3.8, 4) is 0 Å². The van der Waals surface area contributed by atoms with Crippen molar-refractivity contribution in [3.05, 3.63) is 59.7 Å². The van der Waals surface area contributed by atoms with Crippen LogP contribution in [0.1, 0.15) is 23.0 Å². The number of nitrogens with zero attached hydrogens (tertiary/aromatic N) is 2. The molecule has 0 fully saturated rings. The van der Waals surface area contributed by atoms with Crippen molar-refractivity contribution in [2.24, 2.45) is 0 Å². The molecule has 1 aromatic heterocycles. The first-order chi connectivity index (χ1) is 8.72. The predicted molar refractivity (Wildman–Crippen MR) is 67.7 cm³/mol. The molecule has 0 bridgehead atoms. The number of hydrogen-bond donors (Lipinski definition) is 0. The van der Waals surface area contributed by atoms with E-state index in [-0.39, 0.29) is 11.6 Å². The van der Waals surface area contributed by atoms with E-state index in [1.54, 1.807) is 35.1 Å². The van der Waals surface area contributed by atoms with Crippen LogP contribution in [0.5, 0.6) is 0 Å². The second kappa shape index (κ2) is 5.40. The number of carbonyl (C=O) groups excluding carboxylic acids is 1. The summed E-state index contributed by atoms with van der Waals surface area (Å²) in [4.78, 5) is 11.9. The topological polar surface area (TPSA) is 34.9 Å². The van der Waals surface area contributed by atoms with Crippen molar-refractivity contribution in [2.45, 2.75) is 13.5 Å². The molecule has 0 unspecified atom stereocenters. The average molecular weight is 244 g/mol. The van der Waals surface area contributed by atoms with Gasteiger partial charge in [-0.25, -0.2) is 4.39 Å². The maximum Gasteiger partial charge on any atom is 0.203 e. The lowest BCUT2D eigenvalue weighted by molar-refractivity contribution is 0.103. The molecule has 92 valence electrons. The fourth-order valence-electron chi connectivity index (χ4n) is 1.66. The van der Waals surface area contributed by atoms with Crippen LogP contribution in [-0.4, -0.2) is 15.6 Å². The molecule has 1 heterocycles. The van der Waals surface area contributed by atoms with Gasteiger partial charge in [-0.15, -0.1) is 0 Å². The largest absolute Gasteiger partial charge is 0.288 e. The van der Waals surface area contributed by atoms with Crippen LogP contribution in [0.3, 0.4) is 0 Å². The number of ketones is 1. The first kappa shape index (κ1) is 12.2. The molecule has 0 N–H and O–H groups in total. The van der Waals surface area contributed by atoms with Crippen molar-refractivity contribution >= 4 is 11.9 Å². The van der Waals surface area contributed by atoms with Gasteiger partial charge in [-0.05, 0) is 31.2 Å². The standard InChI is InChI=1S/C14H13FN2O/c1-2-17-13(9-10-16-17)14(18)8-7-11-5-3-4-6-12(11)15/h3-10H,2H2,1H3/b8-7+. The van der Waals surface area contributed by atoms with Crippen LogP contribution >= 0.6 is 0 Å². The number of hydrogen-bond acceptors (Lipinski definition) is 2. The summed E-state index contributed by atoms with van der Waals surface area (Å²) in [5, 5.41) is 4.02. The number of rotatable bonds is 4. The van der Waals surface area contributed by atoms with Gasteiger partial charge >= 0.3 is 0 Å². The molecular formula is C14H13FN2O. The van der Waals surface area contributed by atoms with Crippen molar-refractivity contribution < 1.29 is 9.18 Å². The highest BCUT2D eigenvalue weighted by Crippen LogP contribution is 2.09. The third kappa shape index (κ3) is 2.53. The van der Waals surface area contributed by atoms with Gasteiger partial charge < -0.3 is 0 Å². The fraction of sp³-hybridized carbons (Fsp3) is 0.143. The van der Waals surface area contributed by atoms with Crippen LogP contribution < -0.4 is 0 Å². The van der Waals surface area contributed by atoms with E-state index in [9.17, 15) is 9.18 Å². The Balaban J connectivity index is 2.20. The van der Waals surface area contributed by atoms with E-state index >= 15 is 0 Å². The fourth-order valence-corrected chi connectivity index (χ4v) is 1.66. The Morgan fingerprint density at radius 2 is 2.17 bits per heavy atom. The molecule has 0 aliphatic carbocycles. The summed E-state index contributed by atoms with van der Waals surface area (Å²) in [5.74, 6) is -0.525. The highest BCUT2D eigenvalue weighted by atomic mass is 19.1. The van der Waals surface area contributed by atoms with E-state index in [1.807, 2.05) is 6.92 Å². The van der Waals surface area contributed by atoms with Gasteiger partial charge in [-0.2, -0.15) is 5.10 Å². The molecule has 0 amide bonds. The maximum atomic E-state index is 13.3. The second-order valence-electron chi connectivity index (χ2n) is 3.75. The molecule has 4 heteroatoms. The molecule has 0 saturated carbocycles. The van der Waals surface area contributed by atoms with Gasteiger partial charge in [-0.3, -0.25) is 9.48 Å². The Kier molecular flexibility index (Phi) is 3.67. The third-order valence-electron chi connectivity index (χ3n) is 2.59. The molecule has 0 radical (unpaired) electrons. The lowest BCUT2D eigenvalue weighted by atomic mass is 10.1. The Bertz CT molecular complexity index is 587. The van der Waals surface area contributed by atoms with E-state index in [0.29, 0.717) is 17.8 Å². The lowest BCUT2D eigenvalue weighted by Crippen LogP contribution is -2.07. The highest BCUT2D eigenvalue weighted by molar-refractivity contribution is 6.05. The first-order valence-electron chi connectivity index (χ1n) is 5.71. The van der Waals surface area contributed by atoms with E-state index in [2.05, 4.69) is 5.10 Å². The van der Waals surface area contributed by atoms with Crippen molar-refractivity contribution in [1.82, 2.24) is 9.78 Å². The summed E-state index contributed by atoms with van der Waals surface area (Å²) in [5.41, 5.74) is 0.901. The Hall–Kier alpha value is -2.23. The maximum absolute atomic E-state index is 13.3. The van der Waals surface area contributed by atoms with Gasteiger partial charge in [0.05, 0.1) is 0 Å². The zero-order valence-electron chi connectivity index (χ0n) is 10.0. The monoisotopic (exact) mass is 244 g/mol. The molecule has 2 aromatic rings. The molecule has 0 spiro atoms. The normalized spacial score (nSPS) is 11.0. The number of carbonyl (C=O) groups is 1. The minimum atomic E-state index is -0.342. The summed E-state index contributed by atoms with van der Waals surface area (Å²) >= 11 is 0. The second-order valence-corrected chi connectivity index (χ2v) is 3.75. The SMILES string of the molecule is CCn1nccc1C(=O)/C=C/c1ccccc1F. The summed E-state index contributed by atoms with van der Waals surface area (Å²) in [6, 6.07) is 7.97. The molecule has 2 rings (SSSR count). The molecule has 0 aliphatic rings. The van der Waals surface area contributed by atoms with Crippen LogP contribution in [0.15, 0.2) is 42.6 Å². The minimum Gasteiger partial charge on any atom is -0.288 e. The van der Waals surface area contributed by atoms with E-state index in [0.717, 1.165) is 0 Å². The smallest absolute Gasteiger partial charge is 0.203 e. The van der Waals surface area contributed by atoms with Crippen LogP contribution in [-0.2, 0) is 6.54 Å². The lowest BCUT2D eigenvalue weighted by Gasteiger charge is -2.00. The molecule has 18 heavy (non-hydrogen) atoms. The number of aromatic nitrogens is 2. The summed E-state index contributed by atoms with van der Waals surface area (Å²) in [7, 11) is 0. The molecule has 0 aliphatic heterocycles. The zero-order valence-corrected chi connectivity index (χ0v) is 10.0. The van der Waals surface area contributed by atoms with E-state index in [1.165, 1.54) is 18.2 Å². The van der Waals surface area contributed by atoms with Crippen LogP contribution in [0.25, 0.3) is 6.08 Å². The van der Waals surface area contributed by atoms with Gasteiger partial charge in [0.25, 0.3) is 0 Å². The van der Waals surface area contributed by atoms with Crippen LogP contribution in [0.4, 0.5) is 4.39 Å². The van der Waals surface area contributed by atoms with Crippen LogP contribution in [0, 0.1) is 5.82 Å². The number of aryl methyl sites for hydroxylation is 1. The van der Waals surface area contributed by atoms with Gasteiger partial charge in [0, 0.05) is 18.3 Å². The van der Waals surface area contributed by atoms with Gasteiger partial charge in [0.15, 0.2) is 0 Å². The van der Waals surface area contributed by atoms with Crippen molar-refractivity contribution in [3.63, 3.8) is 0 Å². The Morgan fingerprint density at radius 3 is 2.89 bits per heavy atom. The molecule has 0 saturated heterocycles. The van der Waals surface area contributed by atoms with Crippen molar-refractivity contribution in [1.29, 1.82) is 0 Å². The van der Waals surface area contributed by atoms with Gasteiger partial charge in [0.2, 0.25) is 5.78 Å². The van der Waals surface area contributed by atoms with Gasteiger partial charge in [0.1, 0.15) is 11.5 Å². The minimum absolute atomic E-state index is 0.183. The summed E-state index contributed by atoms with van der Waals surface area (Å²) < 4.78 is 15.0.